The predicted octanol–water partition coefficient (Wildman–Crippen LogP) is 0.916. The molecule has 0 spiro atoms. The van der Waals surface area contributed by atoms with Crippen LogP contribution in [0.2, 0.25) is 24.7 Å². The van der Waals surface area contributed by atoms with Gasteiger partial charge >= 0.3 is 35.8 Å². The quantitative estimate of drug-likeness (QED) is 0.579. The van der Waals surface area contributed by atoms with Crippen LogP contribution in [-0.4, -0.2) is 41.3 Å². The average Bonchev–Trinajstić information content (AvgIpc) is 1.99. The predicted molar refractivity (Wildman–Crippen MR) is 65.6 cm³/mol. The molecule has 0 aliphatic heterocycles. The average molecular weight is 246 g/mol. The van der Waals surface area contributed by atoms with Gasteiger partial charge < -0.3 is 4.18 Å². The van der Waals surface area contributed by atoms with Crippen molar-refractivity contribution in [2.75, 3.05) is 0 Å². The Morgan fingerprint density at radius 1 is 1.33 bits per heavy atom. The Labute approximate surface area is 106 Å². The molecule has 0 saturated carbocycles. The van der Waals surface area contributed by atoms with Gasteiger partial charge in [0, 0.05) is 6.42 Å². The van der Waals surface area contributed by atoms with E-state index >= 15 is 0 Å². The summed E-state index contributed by atoms with van der Waals surface area (Å²) in [5.41, 5.74) is 0.580. The second-order valence-corrected chi connectivity index (χ2v) is 10.6. The van der Waals surface area contributed by atoms with E-state index in [0.717, 1.165) is 6.04 Å². The summed E-state index contributed by atoms with van der Waals surface area (Å²) in [6.07, 6.45) is 0.209. The van der Waals surface area contributed by atoms with Gasteiger partial charge in [-0.3, -0.25) is 4.79 Å². The summed E-state index contributed by atoms with van der Waals surface area (Å²) in [5, 5.41) is 0. The van der Waals surface area contributed by atoms with Gasteiger partial charge in [0.05, 0.1) is 8.07 Å². The van der Waals surface area contributed by atoms with E-state index in [1.165, 1.54) is 0 Å². The summed E-state index contributed by atoms with van der Waals surface area (Å²) < 4.78 is 24.2. The zero-order valence-corrected chi connectivity index (χ0v) is 11.0. The van der Waals surface area contributed by atoms with Gasteiger partial charge in [0.15, 0.2) is 0 Å². The monoisotopic (exact) mass is 246 g/mol. The van der Waals surface area contributed by atoms with Gasteiger partial charge in [0.25, 0.3) is 0 Å². The first-order valence-corrected chi connectivity index (χ1v) is 8.99. The maximum absolute atomic E-state index is 10.9. The van der Waals surface area contributed by atoms with Crippen LogP contribution in [0.4, 0.5) is 0 Å². The molecule has 0 atom stereocenters. The van der Waals surface area contributed by atoms with E-state index in [1.54, 1.807) is 0 Å². The van der Waals surface area contributed by atoms with E-state index in [1.807, 2.05) is 0 Å². The van der Waals surface area contributed by atoms with Crippen molar-refractivity contribution in [3.05, 3.63) is 0 Å². The molecule has 0 amide bonds. The Balaban J connectivity index is 0. The van der Waals surface area contributed by atoms with Crippen LogP contribution in [-0.2, 0) is 20.0 Å². The van der Waals surface area contributed by atoms with Gasteiger partial charge in [-0.1, -0.05) is 32.5 Å². The molecule has 0 aromatic heterocycles. The molecule has 0 aromatic rings. The molecule has 4 nitrogen and oxygen atoms in total. The number of hydrogen-bond donors (Lipinski definition) is 1. The summed E-state index contributed by atoms with van der Waals surface area (Å²) in [5.74, 6) is -0.637. The van der Waals surface area contributed by atoms with E-state index in [9.17, 15) is 13.2 Å². The van der Waals surface area contributed by atoms with Gasteiger partial charge in [-0.2, -0.15) is 8.42 Å². The minimum absolute atomic E-state index is 0. The summed E-state index contributed by atoms with van der Waals surface area (Å²) in [6.45, 7) is 8.63. The summed E-state index contributed by atoms with van der Waals surface area (Å²) in [6, 6.07) is 0.771. The molecule has 0 unspecified atom stereocenters. The van der Waals surface area contributed by atoms with E-state index in [4.69, 9.17) is 0 Å². The van der Waals surface area contributed by atoms with Crippen LogP contribution < -0.4 is 0 Å². The molecule has 0 aromatic carbocycles. The maximum atomic E-state index is 10.9. The molecule has 0 saturated heterocycles. The van der Waals surface area contributed by atoms with Gasteiger partial charge in [-0.25, -0.2) is 0 Å². The number of carbonyl (C=O) groups excluding carboxylic acids is 1. The van der Waals surface area contributed by atoms with Crippen LogP contribution >= 0.6 is 0 Å². The Morgan fingerprint density at radius 2 is 1.80 bits per heavy atom. The zero-order valence-electron chi connectivity index (χ0n) is 9.07. The van der Waals surface area contributed by atoms with Gasteiger partial charge in [-0.15, -0.1) is 0 Å². The number of hydrogen-bond acceptors (Lipinski definition) is 4. The molecule has 0 heterocycles. The molecule has 0 aliphatic carbocycles. The Kier molecular flexibility index (Phi) is 8.81. The second kappa shape index (κ2) is 7.50. The first-order valence-electron chi connectivity index (χ1n) is 4.61. The van der Waals surface area contributed by atoms with E-state index < -0.39 is 25.0 Å². The molecular formula is C8H19LiO4SSi. The van der Waals surface area contributed by atoms with E-state index in [-0.39, 0.29) is 25.3 Å². The fourth-order valence-electron chi connectivity index (χ4n) is 0.842. The van der Waals surface area contributed by atoms with Crippen LogP contribution in [0.25, 0.3) is 0 Å². The Hall–Kier alpha value is 0.234. The van der Waals surface area contributed by atoms with Crippen molar-refractivity contribution in [3.63, 3.8) is 0 Å². The molecule has 15 heavy (non-hydrogen) atoms. The van der Waals surface area contributed by atoms with Crippen LogP contribution in [0.1, 0.15) is 20.3 Å². The molecule has 0 N–H and O–H groups in total. The third-order valence-corrected chi connectivity index (χ3v) is 7.73. The third-order valence-electron chi connectivity index (χ3n) is 2.71. The molecule has 86 valence electrons. The topological polar surface area (TPSA) is 60.4 Å². The van der Waals surface area contributed by atoms with Crippen LogP contribution in [0.5, 0.6) is 0 Å². The molecule has 0 fully saturated rings. The van der Waals surface area contributed by atoms with E-state index in [2.05, 4.69) is 31.1 Å². The van der Waals surface area contributed by atoms with E-state index in [0.29, 0.717) is 5.54 Å². The normalized spacial score (nSPS) is 11.3. The van der Waals surface area contributed by atoms with Crippen molar-refractivity contribution in [2.45, 2.75) is 44.9 Å². The molecular weight excluding hydrogens is 227 g/mol. The molecule has 0 rings (SSSR count). The number of carbonyl (C=O) groups is 1. The van der Waals surface area contributed by atoms with Crippen LogP contribution in [0.15, 0.2) is 0 Å². The minimum atomic E-state index is -3.04. The molecule has 7 heteroatoms. The molecule has 0 radical (unpaired) electrons. The number of rotatable bonds is 5. The summed E-state index contributed by atoms with van der Waals surface area (Å²) >= 11 is 0. The van der Waals surface area contributed by atoms with Crippen molar-refractivity contribution in [3.8, 4) is 0 Å². The van der Waals surface area contributed by atoms with Gasteiger partial charge in [-0.05, 0) is 6.04 Å². The van der Waals surface area contributed by atoms with Crippen LogP contribution in [0, 0.1) is 0 Å². The van der Waals surface area contributed by atoms with Gasteiger partial charge in [0.1, 0.15) is 0 Å². The zero-order chi connectivity index (χ0) is 11.4. The Bertz CT molecular complexity index is 268. The molecule has 0 aliphatic rings. The van der Waals surface area contributed by atoms with Gasteiger partial charge in [0.2, 0.25) is 0 Å². The Morgan fingerprint density at radius 3 is 2.13 bits per heavy atom. The second-order valence-electron chi connectivity index (χ2n) is 4.33. The number of thiol groups is 1. The summed E-state index contributed by atoms with van der Waals surface area (Å²) in [4.78, 5) is 10.9. The summed E-state index contributed by atoms with van der Waals surface area (Å²) in [7, 11) is -4.43. The SMILES string of the molecule is CC(C)[Si](C)(C)CCC(=O)O[SH](=O)=O.[LiH]. The first kappa shape index (κ1) is 17.6. The van der Waals surface area contributed by atoms with Crippen molar-refractivity contribution < 1.29 is 17.4 Å². The standard InChI is InChI=1S/C8H18O4SSi.Li.H/c1-7(2)14(3,4)6-5-8(9)12-13(10)11;;/h7,13H,5-6H2,1-4H3;;. The third kappa shape index (κ3) is 8.08. The fourth-order valence-corrected chi connectivity index (χ4v) is 2.53. The van der Waals surface area contributed by atoms with Crippen molar-refractivity contribution >= 4 is 43.9 Å². The van der Waals surface area contributed by atoms with Crippen LogP contribution in [0.3, 0.4) is 0 Å². The fraction of sp³-hybridized carbons (Fsp3) is 0.875. The van der Waals surface area contributed by atoms with Crippen molar-refractivity contribution in [1.29, 1.82) is 0 Å². The van der Waals surface area contributed by atoms with Crippen molar-refractivity contribution in [2.24, 2.45) is 0 Å². The first-order chi connectivity index (χ1) is 6.25. The van der Waals surface area contributed by atoms with Crippen molar-refractivity contribution in [1.82, 2.24) is 0 Å². The molecule has 0 bridgehead atoms.